The van der Waals surface area contributed by atoms with E-state index in [4.69, 9.17) is 9.97 Å². The predicted octanol–water partition coefficient (Wildman–Crippen LogP) is 13.9. The topological polar surface area (TPSA) is 25.8 Å². The van der Waals surface area contributed by atoms with Crippen molar-refractivity contribution < 1.29 is 0 Å². The van der Waals surface area contributed by atoms with E-state index in [2.05, 4.69) is 182 Å². The average Bonchev–Trinajstić information content (AvgIpc) is 3.91. The Labute approximate surface area is 329 Å². The van der Waals surface area contributed by atoms with E-state index in [1.54, 1.807) is 0 Å². The van der Waals surface area contributed by atoms with Crippen LogP contribution in [0.4, 0.5) is 0 Å². The molecule has 0 saturated heterocycles. The molecule has 56 heavy (non-hydrogen) atoms. The van der Waals surface area contributed by atoms with Gasteiger partial charge in [-0.05, 0) is 98.3 Å². The minimum atomic E-state index is -0.394. The van der Waals surface area contributed by atoms with E-state index in [9.17, 15) is 0 Å². The summed E-state index contributed by atoms with van der Waals surface area (Å²) in [5.74, 6) is 0.756. The second-order valence-corrected chi connectivity index (χ2v) is 16.1. The smallest absolute Gasteiger partial charge is 0.161 e. The third-order valence-electron chi connectivity index (χ3n) is 12.2. The van der Waals surface area contributed by atoms with Crippen LogP contribution in [0.25, 0.3) is 81.8 Å². The van der Waals surface area contributed by atoms with Crippen molar-refractivity contribution in [1.29, 1.82) is 0 Å². The molecule has 3 heteroatoms. The maximum Gasteiger partial charge on any atom is 0.161 e. The Morgan fingerprint density at radius 1 is 0.464 bits per heavy atom. The van der Waals surface area contributed by atoms with E-state index in [0.717, 1.165) is 46.8 Å². The highest BCUT2D eigenvalue weighted by molar-refractivity contribution is 7.26. The number of hydrogen-bond acceptors (Lipinski definition) is 3. The molecule has 0 N–H and O–H groups in total. The van der Waals surface area contributed by atoms with Crippen LogP contribution in [0.1, 0.15) is 40.8 Å². The van der Waals surface area contributed by atoms with E-state index >= 15 is 0 Å². The Bertz CT molecular complexity index is 3080. The first-order valence-electron chi connectivity index (χ1n) is 19.5. The van der Waals surface area contributed by atoms with Gasteiger partial charge in [0.05, 0.1) is 16.8 Å². The van der Waals surface area contributed by atoms with Gasteiger partial charge in [-0.2, -0.15) is 0 Å². The van der Waals surface area contributed by atoms with Crippen LogP contribution in [0.5, 0.6) is 0 Å². The van der Waals surface area contributed by atoms with Gasteiger partial charge in [0.2, 0.25) is 0 Å². The third-order valence-corrected chi connectivity index (χ3v) is 13.4. The highest BCUT2D eigenvalue weighted by Gasteiger charge is 2.51. The summed E-state index contributed by atoms with van der Waals surface area (Å²) < 4.78 is 2.47. The molecular formula is C53H34N2S. The molecule has 0 fully saturated rings. The summed E-state index contributed by atoms with van der Waals surface area (Å²) >= 11 is 1.84. The summed E-state index contributed by atoms with van der Waals surface area (Å²) in [5.41, 5.74) is 18.0. The van der Waals surface area contributed by atoms with Gasteiger partial charge in [-0.1, -0.05) is 158 Å². The maximum absolute atomic E-state index is 5.31. The van der Waals surface area contributed by atoms with Crippen LogP contribution in [-0.4, -0.2) is 9.97 Å². The SMILES string of the molecule is C1=CC(c2cc(-c3ccccc3)nc(-c3ccc(-c4ccc5c(c4)C4(c6ccccc6-c6ccccc64)c4ccccc4-5)c4c3sc3ccccc34)n2)=CCC1. The van der Waals surface area contributed by atoms with Crippen molar-refractivity contribution >= 4 is 37.1 Å². The lowest BCUT2D eigenvalue weighted by Crippen LogP contribution is -2.25. The van der Waals surface area contributed by atoms with Crippen LogP contribution in [-0.2, 0) is 5.41 Å². The van der Waals surface area contributed by atoms with Crippen LogP contribution in [0.3, 0.4) is 0 Å². The third kappa shape index (κ3) is 4.43. The van der Waals surface area contributed by atoms with E-state index in [1.165, 1.54) is 75.8 Å². The first-order valence-corrected chi connectivity index (χ1v) is 20.3. The summed E-state index contributed by atoms with van der Waals surface area (Å²) in [6, 6.07) is 60.4. The lowest BCUT2D eigenvalue weighted by atomic mass is 9.70. The first kappa shape index (κ1) is 31.6. The summed E-state index contributed by atoms with van der Waals surface area (Å²) in [7, 11) is 0. The summed E-state index contributed by atoms with van der Waals surface area (Å²) in [5, 5.41) is 2.52. The van der Waals surface area contributed by atoms with Crippen molar-refractivity contribution in [2.24, 2.45) is 0 Å². The fraction of sp³-hybridized carbons (Fsp3) is 0.0566. The minimum Gasteiger partial charge on any atom is -0.228 e. The minimum absolute atomic E-state index is 0.394. The Hall–Kier alpha value is -6.68. The Morgan fingerprint density at radius 2 is 1.07 bits per heavy atom. The van der Waals surface area contributed by atoms with Gasteiger partial charge in [0.1, 0.15) is 0 Å². The highest BCUT2D eigenvalue weighted by atomic mass is 32.1. The number of allylic oxidation sites excluding steroid dienone is 4. The van der Waals surface area contributed by atoms with Gasteiger partial charge in [0.15, 0.2) is 5.82 Å². The van der Waals surface area contributed by atoms with Crippen molar-refractivity contribution in [2.45, 2.75) is 18.3 Å². The van der Waals surface area contributed by atoms with Gasteiger partial charge < -0.3 is 0 Å². The van der Waals surface area contributed by atoms with Crippen molar-refractivity contribution in [3.8, 4) is 56.0 Å². The number of aromatic nitrogens is 2. The van der Waals surface area contributed by atoms with E-state index < -0.39 is 5.41 Å². The first-order chi connectivity index (χ1) is 27.8. The highest BCUT2D eigenvalue weighted by Crippen LogP contribution is 2.63. The second-order valence-electron chi connectivity index (χ2n) is 15.1. The molecule has 0 amide bonds. The van der Waals surface area contributed by atoms with Crippen LogP contribution >= 0.6 is 11.3 Å². The van der Waals surface area contributed by atoms with Gasteiger partial charge in [-0.3, -0.25) is 0 Å². The molecule has 0 radical (unpaired) electrons. The fourth-order valence-electron chi connectivity index (χ4n) is 9.78. The van der Waals surface area contributed by atoms with Crippen molar-refractivity contribution in [2.75, 3.05) is 0 Å². The summed E-state index contributed by atoms with van der Waals surface area (Å²) in [6.45, 7) is 0. The normalized spacial score (nSPS) is 14.5. The molecule has 7 aromatic carbocycles. The fourth-order valence-corrected chi connectivity index (χ4v) is 11.0. The Kier molecular flexibility index (Phi) is 6.87. The van der Waals surface area contributed by atoms with Crippen molar-refractivity contribution in [3.63, 3.8) is 0 Å². The van der Waals surface area contributed by atoms with Gasteiger partial charge in [-0.15, -0.1) is 11.3 Å². The lowest BCUT2D eigenvalue weighted by Gasteiger charge is -2.30. The molecule has 0 unspecified atom stereocenters. The van der Waals surface area contributed by atoms with Crippen LogP contribution < -0.4 is 0 Å². The number of rotatable bonds is 4. The molecule has 0 atom stereocenters. The quantitative estimate of drug-likeness (QED) is 0.180. The standard InChI is InChI=1S/C53H34N2S/c1-3-15-33(16-4-1)47-32-48(34-17-5-2-6-18-34)55-52(54-47)42-30-29-36(50-41-22-10-14-26-49(41)56-51(42)50)35-27-28-40-39-21-9-13-25-45(39)53(46(40)31-35)43-23-11-7-19-37(43)38-20-8-12-24-44(38)53/h1,3-5,7-32H,2,6H2. The van der Waals surface area contributed by atoms with E-state index in [-0.39, 0.29) is 0 Å². The van der Waals surface area contributed by atoms with Crippen molar-refractivity contribution in [3.05, 3.63) is 210 Å². The number of nitrogens with zero attached hydrogens (tertiary/aromatic N) is 2. The zero-order valence-electron chi connectivity index (χ0n) is 30.5. The zero-order chi connectivity index (χ0) is 36.8. The summed E-state index contributed by atoms with van der Waals surface area (Å²) in [4.78, 5) is 10.6. The zero-order valence-corrected chi connectivity index (χ0v) is 31.4. The maximum atomic E-state index is 5.31. The monoisotopic (exact) mass is 730 g/mol. The van der Waals surface area contributed by atoms with Gasteiger partial charge >= 0.3 is 0 Å². The van der Waals surface area contributed by atoms with Gasteiger partial charge in [0.25, 0.3) is 0 Å². The molecule has 3 aliphatic rings. The molecule has 3 aliphatic carbocycles. The molecule has 12 rings (SSSR count). The van der Waals surface area contributed by atoms with Crippen LogP contribution in [0.2, 0.25) is 0 Å². The Morgan fingerprint density at radius 3 is 1.79 bits per heavy atom. The van der Waals surface area contributed by atoms with Crippen LogP contribution in [0.15, 0.2) is 182 Å². The molecular weight excluding hydrogens is 697 g/mol. The molecule has 262 valence electrons. The summed E-state index contributed by atoms with van der Waals surface area (Å²) in [6.07, 6.45) is 8.85. The van der Waals surface area contributed by atoms with Gasteiger partial charge in [-0.25, -0.2) is 9.97 Å². The molecule has 0 saturated carbocycles. The van der Waals surface area contributed by atoms with E-state index in [1.807, 2.05) is 11.3 Å². The Balaban J connectivity index is 1.11. The van der Waals surface area contributed by atoms with Crippen LogP contribution in [0, 0.1) is 0 Å². The second kappa shape index (κ2) is 12.2. The molecule has 2 aromatic heterocycles. The lowest BCUT2D eigenvalue weighted by molar-refractivity contribution is 0.794. The molecule has 2 heterocycles. The average molecular weight is 731 g/mol. The molecule has 0 aliphatic heterocycles. The number of fused-ring (bicyclic) bond motifs is 13. The molecule has 9 aromatic rings. The van der Waals surface area contributed by atoms with Gasteiger partial charge in [0, 0.05) is 31.3 Å². The number of benzene rings is 7. The molecule has 0 bridgehead atoms. The molecule has 2 nitrogen and oxygen atoms in total. The van der Waals surface area contributed by atoms with E-state index in [0.29, 0.717) is 0 Å². The molecule has 1 spiro atoms. The number of thiophene rings is 1. The van der Waals surface area contributed by atoms with Crippen molar-refractivity contribution in [1.82, 2.24) is 9.97 Å². The predicted molar refractivity (Wildman–Crippen MR) is 234 cm³/mol. The largest absolute Gasteiger partial charge is 0.228 e. The number of hydrogen-bond donors (Lipinski definition) is 0.